The normalized spacial score (nSPS) is 47.4. The smallest absolute Gasteiger partial charge is 0.162 e. The molecule has 0 saturated heterocycles. The third-order valence-corrected chi connectivity index (χ3v) is 8.27. The minimum atomic E-state index is -0.831. The van der Waals surface area contributed by atoms with Crippen molar-refractivity contribution in [2.75, 3.05) is 6.61 Å². The van der Waals surface area contributed by atoms with Crippen LogP contribution < -0.4 is 0 Å². The molecule has 4 aliphatic rings. The molecular weight excluding hydrogens is 332 g/mol. The van der Waals surface area contributed by atoms with Crippen LogP contribution in [0.2, 0.25) is 0 Å². The fourth-order valence-corrected chi connectivity index (χ4v) is 7.18. The molecule has 2 unspecified atom stereocenters. The van der Waals surface area contributed by atoms with Gasteiger partial charge < -0.3 is 15.0 Å². The van der Waals surface area contributed by atoms with Crippen LogP contribution in [0.3, 0.4) is 0 Å². The molecule has 0 aromatic rings. The molecule has 0 aromatic heterocycles. The zero-order chi connectivity index (χ0) is 18.7. The summed E-state index contributed by atoms with van der Waals surface area (Å²) in [5, 5.41) is 20.5. The van der Waals surface area contributed by atoms with Gasteiger partial charge in [-0.05, 0) is 67.8 Å². The van der Waals surface area contributed by atoms with E-state index in [-0.39, 0.29) is 34.7 Å². The monoisotopic (exact) mass is 360 g/mol. The number of rotatable bonds is 3. The molecule has 5 nitrogen and oxygen atoms in total. The Bertz CT molecular complexity index is 682. The quantitative estimate of drug-likeness (QED) is 0.750. The first-order valence-electron chi connectivity index (χ1n) is 9.89. The van der Waals surface area contributed by atoms with Crippen molar-refractivity contribution < 1.29 is 24.6 Å². The predicted octanol–water partition coefficient (Wildman–Crippen LogP) is 1.85. The van der Waals surface area contributed by atoms with Crippen LogP contribution in [0.4, 0.5) is 0 Å². The van der Waals surface area contributed by atoms with Crippen LogP contribution in [0.15, 0.2) is 11.6 Å². The summed E-state index contributed by atoms with van der Waals surface area (Å²) in [6.45, 7) is 1.63. The van der Waals surface area contributed by atoms with E-state index >= 15 is 0 Å². The van der Waals surface area contributed by atoms with E-state index in [2.05, 4.69) is 6.92 Å². The van der Waals surface area contributed by atoms with Gasteiger partial charge >= 0.3 is 0 Å². The third kappa shape index (κ3) is 2.26. The molecule has 26 heavy (non-hydrogen) atoms. The maximum absolute atomic E-state index is 12.3. The largest absolute Gasteiger partial charge is 0.393 e. The minimum Gasteiger partial charge on any atom is -0.393 e. The summed E-state index contributed by atoms with van der Waals surface area (Å²) in [5.41, 5.74) is 0.140. The van der Waals surface area contributed by atoms with Crippen molar-refractivity contribution in [2.45, 2.75) is 58.0 Å². The van der Waals surface area contributed by atoms with Crippen molar-refractivity contribution >= 4 is 17.9 Å². The summed E-state index contributed by atoms with van der Waals surface area (Å²) in [4.78, 5) is 36.4. The molecule has 5 heteroatoms. The molecule has 0 aliphatic heterocycles. The summed E-state index contributed by atoms with van der Waals surface area (Å²) >= 11 is 0. The lowest BCUT2D eigenvalue weighted by Crippen LogP contribution is -2.58. The van der Waals surface area contributed by atoms with Crippen molar-refractivity contribution in [1.82, 2.24) is 0 Å². The molecule has 3 fully saturated rings. The minimum absolute atomic E-state index is 0.0386. The summed E-state index contributed by atoms with van der Waals surface area (Å²) < 4.78 is 0. The van der Waals surface area contributed by atoms with E-state index in [4.69, 9.17) is 0 Å². The highest BCUT2D eigenvalue weighted by atomic mass is 16.3. The topological polar surface area (TPSA) is 91.7 Å². The highest BCUT2D eigenvalue weighted by Crippen LogP contribution is 2.66. The van der Waals surface area contributed by atoms with Gasteiger partial charge in [-0.2, -0.15) is 0 Å². The van der Waals surface area contributed by atoms with Gasteiger partial charge in [0.1, 0.15) is 12.9 Å². The molecule has 0 aromatic carbocycles. The maximum Gasteiger partial charge on any atom is 0.162 e. The second-order valence-electron chi connectivity index (χ2n) is 9.14. The Morgan fingerprint density at radius 3 is 2.77 bits per heavy atom. The van der Waals surface area contributed by atoms with Crippen molar-refractivity contribution in [2.24, 2.45) is 34.5 Å². The van der Waals surface area contributed by atoms with Crippen LogP contribution in [-0.4, -0.2) is 40.8 Å². The second kappa shape index (κ2) is 6.10. The molecule has 0 bridgehead atoms. The third-order valence-electron chi connectivity index (χ3n) is 8.27. The Labute approximate surface area is 153 Å². The van der Waals surface area contributed by atoms with Crippen molar-refractivity contribution in [3.63, 3.8) is 0 Å². The van der Waals surface area contributed by atoms with Crippen molar-refractivity contribution in [3.05, 3.63) is 11.6 Å². The molecular formula is C21H28O5. The number of allylic oxidation sites excluding steroid dienone is 1. The summed E-state index contributed by atoms with van der Waals surface area (Å²) in [6, 6.07) is 0. The van der Waals surface area contributed by atoms with Crippen LogP contribution in [0, 0.1) is 34.5 Å². The number of aldehydes is 1. The van der Waals surface area contributed by atoms with E-state index in [1.54, 1.807) is 6.08 Å². The number of ketones is 2. The Morgan fingerprint density at radius 2 is 2.08 bits per heavy atom. The highest BCUT2D eigenvalue weighted by Gasteiger charge is 2.64. The first kappa shape index (κ1) is 18.1. The number of carbonyl (C=O) groups excluding carboxylic acids is 3. The van der Waals surface area contributed by atoms with E-state index in [0.29, 0.717) is 19.3 Å². The molecule has 0 spiro atoms. The molecule has 7 atom stereocenters. The zero-order valence-electron chi connectivity index (χ0n) is 15.3. The average Bonchev–Trinajstić information content (AvgIpc) is 3.00. The van der Waals surface area contributed by atoms with Gasteiger partial charge in [-0.15, -0.1) is 0 Å². The predicted molar refractivity (Wildman–Crippen MR) is 94.1 cm³/mol. The van der Waals surface area contributed by atoms with Gasteiger partial charge in [-0.3, -0.25) is 9.59 Å². The SMILES string of the molecule is C[C@]12CCC(=O)C=C1CCC1C3CC[C@H](C(=O)CO)[C@@]3(C=O)C[C@H](O)[C@@H]12. The van der Waals surface area contributed by atoms with Crippen LogP contribution >= 0.6 is 0 Å². The molecule has 0 radical (unpaired) electrons. The van der Waals surface area contributed by atoms with Crippen molar-refractivity contribution in [3.8, 4) is 0 Å². The average molecular weight is 360 g/mol. The number of carbonyl (C=O) groups is 3. The zero-order valence-corrected chi connectivity index (χ0v) is 15.3. The van der Waals surface area contributed by atoms with Gasteiger partial charge in [0, 0.05) is 17.8 Å². The number of hydrogen-bond donors (Lipinski definition) is 2. The molecule has 2 N–H and O–H groups in total. The van der Waals surface area contributed by atoms with Crippen LogP contribution in [-0.2, 0) is 14.4 Å². The van der Waals surface area contributed by atoms with Gasteiger partial charge in [0.25, 0.3) is 0 Å². The number of aliphatic hydroxyl groups excluding tert-OH is 2. The number of hydrogen-bond acceptors (Lipinski definition) is 5. The molecule has 4 rings (SSSR count). The van der Waals surface area contributed by atoms with Gasteiger partial charge in [0.05, 0.1) is 6.10 Å². The molecule has 0 heterocycles. The molecule has 3 saturated carbocycles. The summed E-state index contributed by atoms with van der Waals surface area (Å²) in [5.74, 6) is -0.241. The molecule has 0 amide bonds. The Hall–Kier alpha value is -1.33. The van der Waals surface area contributed by atoms with Crippen LogP contribution in [0.5, 0.6) is 0 Å². The van der Waals surface area contributed by atoms with Crippen LogP contribution in [0.25, 0.3) is 0 Å². The maximum atomic E-state index is 12.3. The van der Waals surface area contributed by atoms with E-state index in [9.17, 15) is 24.6 Å². The lowest BCUT2D eigenvalue weighted by Gasteiger charge is -2.59. The Kier molecular flexibility index (Phi) is 4.23. The first-order chi connectivity index (χ1) is 12.4. The number of Topliss-reactive ketones (excluding diaryl/α,β-unsaturated/α-hetero) is 1. The van der Waals surface area contributed by atoms with E-state index in [1.165, 1.54) is 0 Å². The van der Waals surface area contributed by atoms with E-state index in [1.807, 2.05) is 0 Å². The molecule has 4 aliphatic carbocycles. The Morgan fingerprint density at radius 1 is 1.31 bits per heavy atom. The van der Waals surface area contributed by atoms with E-state index in [0.717, 1.165) is 37.5 Å². The highest BCUT2D eigenvalue weighted by molar-refractivity contribution is 5.91. The van der Waals surface area contributed by atoms with Crippen LogP contribution in [0.1, 0.15) is 51.9 Å². The standard InChI is InChI=1S/C21H28O5/c1-20-7-6-13(24)8-12(20)2-3-14-15-4-5-16(18(26)10-22)21(15,11-23)9-17(25)19(14)20/h8,11,14-17,19,22,25H,2-7,9-10H2,1H3/t14?,15?,16-,17+,19-,20+,21-/m1/s1. The number of fused-ring (bicyclic) bond motifs is 5. The lowest BCUT2D eigenvalue weighted by molar-refractivity contribution is -0.157. The van der Waals surface area contributed by atoms with Gasteiger partial charge in [0.2, 0.25) is 0 Å². The van der Waals surface area contributed by atoms with Gasteiger partial charge in [0.15, 0.2) is 11.6 Å². The van der Waals surface area contributed by atoms with Crippen molar-refractivity contribution in [1.29, 1.82) is 0 Å². The molecule has 142 valence electrons. The second-order valence-corrected chi connectivity index (χ2v) is 9.14. The summed E-state index contributed by atoms with van der Waals surface area (Å²) in [6.07, 6.45) is 6.75. The fraction of sp³-hybridized carbons (Fsp3) is 0.762. The number of aliphatic hydroxyl groups is 2. The summed E-state index contributed by atoms with van der Waals surface area (Å²) in [7, 11) is 0. The van der Waals surface area contributed by atoms with Gasteiger partial charge in [-0.25, -0.2) is 0 Å². The van der Waals surface area contributed by atoms with E-state index < -0.39 is 24.0 Å². The first-order valence-corrected chi connectivity index (χ1v) is 9.89. The van der Waals surface area contributed by atoms with Gasteiger partial charge in [-0.1, -0.05) is 12.5 Å². The Balaban J connectivity index is 1.74. The fourth-order valence-electron chi connectivity index (χ4n) is 7.18. The lowest BCUT2D eigenvalue weighted by atomic mass is 9.45.